The van der Waals surface area contributed by atoms with E-state index in [-0.39, 0.29) is 0 Å². The molecular formula is C11H16BrNO. The molecule has 0 amide bonds. The van der Waals surface area contributed by atoms with Crippen molar-refractivity contribution in [3.8, 4) is 5.75 Å². The maximum Gasteiger partial charge on any atom is 0.133 e. The van der Waals surface area contributed by atoms with Gasteiger partial charge in [0.15, 0.2) is 0 Å². The van der Waals surface area contributed by atoms with Gasteiger partial charge in [-0.25, -0.2) is 0 Å². The van der Waals surface area contributed by atoms with E-state index in [1.807, 2.05) is 18.2 Å². The van der Waals surface area contributed by atoms with Crippen LogP contribution < -0.4 is 10.1 Å². The average molecular weight is 258 g/mol. The van der Waals surface area contributed by atoms with Gasteiger partial charge in [-0.1, -0.05) is 6.92 Å². The SMILES string of the molecule is CCC(C)Nc1ccc(OC)c(Br)c1. The molecule has 0 aliphatic heterocycles. The molecule has 1 N–H and O–H groups in total. The van der Waals surface area contributed by atoms with Gasteiger partial charge >= 0.3 is 0 Å². The second-order valence-electron chi connectivity index (χ2n) is 3.30. The number of methoxy groups -OCH3 is 1. The van der Waals surface area contributed by atoms with E-state index >= 15 is 0 Å². The van der Waals surface area contributed by atoms with Gasteiger partial charge in [-0.3, -0.25) is 0 Å². The molecule has 1 aromatic rings. The highest BCUT2D eigenvalue weighted by Gasteiger charge is 2.02. The second kappa shape index (κ2) is 5.25. The predicted octanol–water partition coefficient (Wildman–Crippen LogP) is 3.67. The molecule has 1 aromatic carbocycles. The Labute approximate surface area is 93.8 Å². The first-order chi connectivity index (χ1) is 6.67. The fourth-order valence-electron chi connectivity index (χ4n) is 1.14. The molecule has 14 heavy (non-hydrogen) atoms. The van der Waals surface area contributed by atoms with Crippen molar-refractivity contribution in [2.24, 2.45) is 0 Å². The molecule has 0 aliphatic carbocycles. The Balaban J connectivity index is 2.76. The largest absolute Gasteiger partial charge is 0.496 e. The first-order valence-electron chi connectivity index (χ1n) is 4.77. The zero-order valence-electron chi connectivity index (χ0n) is 8.80. The lowest BCUT2D eigenvalue weighted by atomic mass is 10.2. The van der Waals surface area contributed by atoms with Crippen molar-refractivity contribution in [1.82, 2.24) is 0 Å². The van der Waals surface area contributed by atoms with E-state index < -0.39 is 0 Å². The van der Waals surface area contributed by atoms with Crippen molar-refractivity contribution in [2.45, 2.75) is 26.3 Å². The van der Waals surface area contributed by atoms with Crippen molar-refractivity contribution in [1.29, 1.82) is 0 Å². The monoisotopic (exact) mass is 257 g/mol. The minimum atomic E-state index is 0.496. The van der Waals surface area contributed by atoms with Gasteiger partial charge in [0.05, 0.1) is 11.6 Å². The third-order valence-electron chi connectivity index (χ3n) is 2.18. The molecule has 1 unspecified atom stereocenters. The number of benzene rings is 1. The second-order valence-corrected chi connectivity index (χ2v) is 4.16. The quantitative estimate of drug-likeness (QED) is 0.889. The summed E-state index contributed by atoms with van der Waals surface area (Å²) in [7, 11) is 1.67. The Bertz CT molecular complexity index is 301. The molecule has 1 atom stereocenters. The third-order valence-corrected chi connectivity index (χ3v) is 2.80. The molecule has 1 rings (SSSR count). The molecule has 2 nitrogen and oxygen atoms in total. The van der Waals surface area contributed by atoms with Crippen molar-refractivity contribution < 1.29 is 4.74 Å². The highest BCUT2D eigenvalue weighted by molar-refractivity contribution is 9.10. The maximum atomic E-state index is 5.16. The highest BCUT2D eigenvalue weighted by atomic mass is 79.9. The molecule has 0 fully saturated rings. The summed E-state index contributed by atoms with van der Waals surface area (Å²) in [5.41, 5.74) is 1.12. The number of hydrogen-bond acceptors (Lipinski definition) is 2. The summed E-state index contributed by atoms with van der Waals surface area (Å²) >= 11 is 3.45. The summed E-state index contributed by atoms with van der Waals surface area (Å²) in [5, 5.41) is 3.40. The summed E-state index contributed by atoms with van der Waals surface area (Å²) in [6.07, 6.45) is 1.11. The van der Waals surface area contributed by atoms with E-state index in [2.05, 4.69) is 35.1 Å². The number of nitrogens with one attached hydrogen (secondary N) is 1. The van der Waals surface area contributed by atoms with Crippen molar-refractivity contribution in [3.05, 3.63) is 22.7 Å². The van der Waals surface area contributed by atoms with Crippen LogP contribution in [0.1, 0.15) is 20.3 Å². The lowest BCUT2D eigenvalue weighted by Gasteiger charge is -2.14. The molecule has 0 bridgehead atoms. The Morgan fingerprint density at radius 2 is 2.21 bits per heavy atom. The minimum Gasteiger partial charge on any atom is -0.496 e. The Kier molecular flexibility index (Phi) is 4.26. The Morgan fingerprint density at radius 3 is 2.71 bits per heavy atom. The van der Waals surface area contributed by atoms with Gasteiger partial charge in [0.25, 0.3) is 0 Å². The molecule has 0 heterocycles. The first-order valence-corrected chi connectivity index (χ1v) is 5.56. The first kappa shape index (κ1) is 11.4. The van der Waals surface area contributed by atoms with Gasteiger partial charge in [0.1, 0.15) is 5.75 Å². The van der Waals surface area contributed by atoms with Crippen LogP contribution in [0.5, 0.6) is 5.75 Å². The van der Waals surface area contributed by atoms with E-state index in [0.717, 1.165) is 22.3 Å². The number of anilines is 1. The third kappa shape index (κ3) is 2.91. The number of ether oxygens (including phenoxy) is 1. The summed E-state index contributed by atoms with van der Waals surface area (Å²) < 4.78 is 6.14. The molecule has 0 aromatic heterocycles. The van der Waals surface area contributed by atoms with Gasteiger partial charge < -0.3 is 10.1 Å². The van der Waals surface area contributed by atoms with Crippen LogP contribution in [0.15, 0.2) is 22.7 Å². The number of hydrogen-bond donors (Lipinski definition) is 1. The van der Waals surface area contributed by atoms with Crippen LogP contribution in [-0.4, -0.2) is 13.2 Å². The van der Waals surface area contributed by atoms with E-state index in [0.29, 0.717) is 6.04 Å². The number of rotatable bonds is 4. The molecule has 78 valence electrons. The molecule has 0 saturated carbocycles. The van der Waals surface area contributed by atoms with E-state index in [1.54, 1.807) is 7.11 Å². The van der Waals surface area contributed by atoms with Gasteiger partial charge in [-0.15, -0.1) is 0 Å². The molecule has 3 heteroatoms. The van der Waals surface area contributed by atoms with E-state index in [4.69, 9.17) is 4.74 Å². The lowest BCUT2D eigenvalue weighted by Crippen LogP contribution is -2.13. The molecule has 0 radical (unpaired) electrons. The fourth-order valence-corrected chi connectivity index (χ4v) is 1.68. The maximum absolute atomic E-state index is 5.16. The lowest BCUT2D eigenvalue weighted by molar-refractivity contribution is 0.412. The van der Waals surface area contributed by atoms with Crippen LogP contribution in [0.2, 0.25) is 0 Å². The minimum absolute atomic E-state index is 0.496. The summed E-state index contributed by atoms with van der Waals surface area (Å²) in [5.74, 6) is 0.861. The standard InChI is InChI=1S/C11H16BrNO/c1-4-8(2)13-9-5-6-11(14-3)10(12)7-9/h5-8,13H,4H2,1-3H3. The van der Waals surface area contributed by atoms with Gasteiger partial charge in [0.2, 0.25) is 0 Å². The molecular weight excluding hydrogens is 242 g/mol. The van der Waals surface area contributed by atoms with Crippen LogP contribution in [-0.2, 0) is 0 Å². The number of halogens is 1. The van der Waals surface area contributed by atoms with Crippen molar-refractivity contribution in [3.63, 3.8) is 0 Å². The fraction of sp³-hybridized carbons (Fsp3) is 0.455. The summed E-state index contributed by atoms with van der Waals surface area (Å²) in [4.78, 5) is 0. The summed E-state index contributed by atoms with van der Waals surface area (Å²) in [6, 6.07) is 6.51. The Hall–Kier alpha value is -0.700. The van der Waals surface area contributed by atoms with Crippen LogP contribution in [0, 0.1) is 0 Å². The topological polar surface area (TPSA) is 21.3 Å². The molecule has 0 saturated heterocycles. The summed E-state index contributed by atoms with van der Waals surface area (Å²) in [6.45, 7) is 4.33. The zero-order chi connectivity index (χ0) is 10.6. The van der Waals surface area contributed by atoms with Crippen LogP contribution in [0.3, 0.4) is 0 Å². The smallest absolute Gasteiger partial charge is 0.133 e. The normalized spacial score (nSPS) is 12.3. The van der Waals surface area contributed by atoms with Gasteiger partial charge in [-0.05, 0) is 47.5 Å². The molecule has 0 aliphatic rings. The van der Waals surface area contributed by atoms with E-state index in [9.17, 15) is 0 Å². The Morgan fingerprint density at radius 1 is 1.50 bits per heavy atom. The average Bonchev–Trinajstić information content (AvgIpc) is 2.18. The van der Waals surface area contributed by atoms with Crippen molar-refractivity contribution >= 4 is 21.6 Å². The zero-order valence-corrected chi connectivity index (χ0v) is 10.4. The molecule has 0 spiro atoms. The van der Waals surface area contributed by atoms with Gasteiger partial charge in [-0.2, -0.15) is 0 Å². The van der Waals surface area contributed by atoms with Crippen molar-refractivity contribution in [2.75, 3.05) is 12.4 Å². The van der Waals surface area contributed by atoms with Crippen LogP contribution in [0.4, 0.5) is 5.69 Å². The van der Waals surface area contributed by atoms with Crippen LogP contribution >= 0.6 is 15.9 Å². The highest BCUT2D eigenvalue weighted by Crippen LogP contribution is 2.27. The van der Waals surface area contributed by atoms with Gasteiger partial charge in [0, 0.05) is 11.7 Å². The predicted molar refractivity (Wildman–Crippen MR) is 64.1 cm³/mol. The van der Waals surface area contributed by atoms with Crippen LogP contribution in [0.25, 0.3) is 0 Å². The van der Waals surface area contributed by atoms with E-state index in [1.165, 1.54) is 0 Å².